The highest BCUT2D eigenvalue weighted by Gasteiger charge is 2.31. The quantitative estimate of drug-likeness (QED) is 0.445. The van der Waals surface area contributed by atoms with Gasteiger partial charge in [-0.3, -0.25) is 4.79 Å². The van der Waals surface area contributed by atoms with Gasteiger partial charge >= 0.3 is 0 Å². The van der Waals surface area contributed by atoms with Crippen molar-refractivity contribution in [3.63, 3.8) is 0 Å². The summed E-state index contributed by atoms with van der Waals surface area (Å²) in [7, 11) is 2.02. The van der Waals surface area contributed by atoms with Gasteiger partial charge in [0.1, 0.15) is 11.2 Å². The Morgan fingerprint density at radius 3 is 2.80 bits per heavy atom. The number of pyridine rings is 1. The SMILES string of the molecule is CC(C)N(C)c1cccc(-n2c3nc(Nc4ccc5c(c4)CNCC5)ncc3c(=O)n2C2CC2)n1. The minimum atomic E-state index is -0.0710. The van der Waals surface area contributed by atoms with E-state index in [2.05, 4.69) is 52.6 Å². The van der Waals surface area contributed by atoms with Crippen LogP contribution in [0.2, 0.25) is 0 Å². The molecule has 1 aliphatic carbocycles. The first-order chi connectivity index (χ1) is 17.0. The van der Waals surface area contributed by atoms with Crippen LogP contribution >= 0.6 is 0 Å². The summed E-state index contributed by atoms with van der Waals surface area (Å²) in [4.78, 5) is 29.7. The highest BCUT2D eigenvalue weighted by Crippen LogP contribution is 2.35. The van der Waals surface area contributed by atoms with E-state index in [1.165, 1.54) is 11.1 Å². The fourth-order valence-corrected chi connectivity index (χ4v) is 4.61. The van der Waals surface area contributed by atoms with Crippen LogP contribution in [-0.4, -0.2) is 43.9 Å². The van der Waals surface area contributed by atoms with E-state index in [1.807, 2.05) is 29.9 Å². The van der Waals surface area contributed by atoms with Crippen molar-refractivity contribution in [1.29, 1.82) is 0 Å². The van der Waals surface area contributed by atoms with Crippen molar-refractivity contribution in [3.05, 3.63) is 64.1 Å². The van der Waals surface area contributed by atoms with Crippen molar-refractivity contribution in [1.82, 2.24) is 29.6 Å². The summed E-state index contributed by atoms with van der Waals surface area (Å²) in [5, 5.41) is 7.26. The first-order valence-electron chi connectivity index (χ1n) is 12.3. The first kappa shape index (κ1) is 21.8. The van der Waals surface area contributed by atoms with Gasteiger partial charge in [0.25, 0.3) is 5.56 Å². The van der Waals surface area contributed by atoms with E-state index in [4.69, 9.17) is 9.97 Å². The van der Waals surface area contributed by atoms with Gasteiger partial charge in [0.2, 0.25) is 5.95 Å². The molecule has 1 fully saturated rings. The molecule has 0 unspecified atom stereocenters. The van der Waals surface area contributed by atoms with E-state index < -0.39 is 0 Å². The summed E-state index contributed by atoms with van der Waals surface area (Å²) in [5.41, 5.74) is 4.09. The van der Waals surface area contributed by atoms with Gasteiger partial charge in [-0.25, -0.2) is 19.3 Å². The fourth-order valence-electron chi connectivity index (χ4n) is 4.61. The Hall–Kier alpha value is -3.72. The van der Waals surface area contributed by atoms with Crippen LogP contribution in [0.5, 0.6) is 0 Å². The normalized spacial score (nSPS) is 15.4. The maximum Gasteiger partial charge on any atom is 0.278 e. The number of aromatic nitrogens is 5. The van der Waals surface area contributed by atoms with Gasteiger partial charge in [-0.1, -0.05) is 12.1 Å². The summed E-state index contributed by atoms with van der Waals surface area (Å²) in [6, 6.07) is 12.7. The molecule has 4 heterocycles. The molecule has 0 bridgehead atoms. The topological polar surface area (TPSA) is 92.9 Å². The number of anilines is 3. The maximum atomic E-state index is 13.4. The van der Waals surface area contributed by atoms with E-state index in [0.717, 1.165) is 43.9 Å². The lowest BCUT2D eigenvalue weighted by Crippen LogP contribution is -2.27. The van der Waals surface area contributed by atoms with Gasteiger partial charge in [0, 0.05) is 31.5 Å². The van der Waals surface area contributed by atoms with Gasteiger partial charge < -0.3 is 15.5 Å². The van der Waals surface area contributed by atoms with Crippen molar-refractivity contribution < 1.29 is 0 Å². The Kier molecular flexibility index (Phi) is 5.29. The van der Waals surface area contributed by atoms with Gasteiger partial charge in [0.05, 0.1) is 6.04 Å². The van der Waals surface area contributed by atoms with Crippen LogP contribution in [0.25, 0.3) is 16.9 Å². The zero-order valence-corrected chi connectivity index (χ0v) is 20.3. The summed E-state index contributed by atoms with van der Waals surface area (Å²) in [6.45, 7) is 6.13. The minimum Gasteiger partial charge on any atom is -0.357 e. The van der Waals surface area contributed by atoms with Crippen LogP contribution in [0.1, 0.15) is 43.9 Å². The van der Waals surface area contributed by atoms with Crippen molar-refractivity contribution in [2.75, 3.05) is 23.8 Å². The lowest BCUT2D eigenvalue weighted by Gasteiger charge is -2.23. The summed E-state index contributed by atoms with van der Waals surface area (Å²) in [6.07, 6.45) is 4.62. The summed E-state index contributed by atoms with van der Waals surface area (Å²) >= 11 is 0. The van der Waals surface area contributed by atoms with Gasteiger partial charge in [-0.05, 0) is 75.0 Å². The number of fused-ring (bicyclic) bond motifs is 2. The van der Waals surface area contributed by atoms with E-state index >= 15 is 0 Å². The van der Waals surface area contributed by atoms with Crippen LogP contribution < -0.4 is 21.1 Å². The lowest BCUT2D eigenvalue weighted by atomic mass is 10.0. The second-order valence-corrected chi connectivity index (χ2v) is 9.72. The van der Waals surface area contributed by atoms with E-state index in [1.54, 1.807) is 10.9 Å². The van der Waals surface area contributed by atoms with Crippen molar-refractivity contribution in [3.8, 4) is 5.82 Å². The molecule has 4 aromatic rings. The molecule has 1 aliphatic heterocycles. The number of hydrogen-bond donors (Lipinski definition) is 2. The molecule has 2 aliphatic rings. The third kappa shape index (κ3) is 3.95. The molecule has 0 radical (unpaired) electrons. The summed E-state index contributed by atoms with van der Waals surface area (Å²) in [5.74, 6) is 1.99. The number of benzene rings is 1. The molecule has 0 saturated heterocycles. The standard InChI is InChI=1S/C26H30N8O/c1-16(2)32(3)22-5-4-6-23(30-22)34-24-21(25(35)33(34)20-9-10-20)15-28-26(31-24)29-19-8-7-17-11-12-27-14-18(17)13-19/h4-8,13,15-16,20,27H,9-12,14H2,1-3H3,(H,28,29,31). The van der Waals surface area contributed by atoms with Crippen LogP contribution in [0, 0.1) is 0 Å². The molecule has 3 aromatic heterocycles. The molecule has 0 atom stereocenters. The van der Waals surface area contributed by atoms with Gasteiger partial charge in [-0.15, -0.1) is 0 Å². The average molecular weight is 471 g/mol. The Morgan fingerprint density at radius 1 is 1.14 bits per heavy atom. The molecular weight excluding hydrogens is 440 g/mol. The molecule has 180 valence electrons. The summed E-state index contributed by atoms with van der Waals surface area (Å²) < 4.78 is 3.67. The molecule has 1 saturated carbocycles. The Labute approximate surface area is 203 Å². The Morgan fingerprint density at radius 2 is 2.00 bits per heavy atom. The van der Waals surface area contributed by atoms with Crippen molar-refractivity contribution in [2.45, 2.75) is 51.7 Å². The Balaban J connectivity index is 1.44. The predicted octanol–water partition coefficient (Wildman–Crippen LogP) is 3.55. The smallest absolute Gasteiger partial charge is 0.278 e. The molecular formula is C26H30N8O. The molecule has 9 nitrogen and oxygen atoms in total. The predicted molar refractivity (Wildman–Crippen MR) is 138 cm³/mol. The molecule has 9 heteroatoms. The highest BCUT2D eigenvalue weighted by atomic mass is 16.1. The molecule has 0 amide bonds. The van der Waals surface area contributed by atoms with Crippen LogP contribution in [0.4, 0.5) is 17.5 Å². The molecule has 35 heavy (non-hydrogen) atoms. The van der Waals surface area contributed by atoms with Crippen molar-refractivity contribution in [2.24, 2.45) is 0 Å². The number of hydrogen-bond acceptors (Lipinski definition) is 7. The largest absolute Gasteiger partial charge is 0.357 e. The van der Waals surface area contributed by atoms with Gasteiger partial charge in [-0.2, -0.15) is 4.98 Å². The maximum absolute atomic E-state index is 13.4. The van der Waals surface area contributed by atoms with Crippen LogP contribution in [0.15, 0.2) is 47.4 Å². The zero-order chi connectivity index (χ0) is 24.1. The monoisotopic (exact) mass is 470 g/mol. The number of nitrogens with zero attached hydrogens (tertiary/aromatic N) is 6. The number of nitrogens with one attached hydrogen (secondary N) is 2. The fraction of sp³-hybridized carbons (Fsp3) is 0.385. The average Bonchev–Trinajstić information content (AvgIpc) is 3.67. The second-order valence-electron chi connectivity index (χ2n) is 9.72. The lowest BCUT2D eigenvalue weighted by molar-refractivity contribution is 0.553. The molecule has 1 aromatic carbocycles. The Bertz CT molecular complexity index is 1470. The van der Waals surface area contributed by atoms with E-state index in [-0.39, 0.29) is 11.6 Å². The van der Waals surface area contributed by atoms with Crippen LogP contribution in [-0.2, 0) is 13.0 Å². The second kappa shape index (κ2) is 8.49. The molecule has 2 N–H and O–H groups in total. The zero-order valence-electron chi connectivity index (χ0n) is 20.3. The van der Waals surface area contributed by atoms with Gasteiger partial charge in [0.15, 0.2) is 11.5 Å². The third-order valence-corrected chi connectivity index (χ3v) is 6.94. The first-order valence-corrected chi connectivity index (χ1v) is 12.3. The third-order valence-electron chi connectivity index (χ3n) is 6.94. The van der Waals surface area contributed by atoms with Crippen LogP contribution in [0.3, 0.4) is 0 Å². The molecule has 6 rings (SSSR count). The molecule has 0 spiro atoms. The van der Waals surface area contributed by atoms with Crippen molar-refractivity contribution >= 4 is 28.5 Å². The number of rotatable bonds is 6. The highest BCUT2D eigenvalue weighted by molar-refractivity contribution is 5.77. The minimum absolute atomic E-state index is 0.0710. The van der Waals surface area contributed by atoms with E-state index in [9.17, 15) is 4.79 Å². The van der Waals surface area contributed by atoms with E-state index in [0.29, 0.717) is 28.8 Å².